The van der Waals surface area contributed by atoms with Gasteiger partial charge >= 0.3 is 0 Å². The van der Waals surface area contributed by atoms with Gasteiger partial charge in [-0.15, -0.1) is 12.4 Å². The van der Waals surface area contributed by atoms with E-state index in [0.717, 1.165) is 25.8 Å². The summed E-state index contributed by atoms with van der Waals surface area (Å²) in [6, 6.07) is 26.2. The standard InChI is InChI=1S/C27H31NO.ClH/c1-19-15-23-17-26(27(29)18-24(23)16-20(19)2)28-14-13-25(21-9-5-3-6-10-21)22-11-7-4-8-12-22;/h3-12,15-16,25-29H,13-14,17-18H2,1-2H3;1H/t26-,27-;/m0./s1. The molecule has 4 rings (SSSR count). The second-order valence-corrected chi connectivity index (χ2v) is 8.40. The molecule has 2 nitrogen and oxygen atoms in total. The Morgan fingerprint density at radius 3 is 1.87 bits per heavy atom. The number of halogens is 1. The van der Waals surface area contributed by atoms with Gasteiger partial charge in [-0.2, -0.15) is 0 Å². The Hall–Kier alpha value is -2.13. The number of aliphatic hydroxyl groups is 1. The molecule has 0 fully saturated rings. The summed E-state index contributed by atoms with van der Waals surface area (Å²) in [6.07, 6.45) is 2.33. The highest BCUT2D eigenvalue weighted by Crippen LogP contribution is 2.28. The Morgan fingerprint density at radius 1 is 0.833 bits per heavy atom. The average Bonchev–Trinajstić information content (AvgIpc) is 2.74. The highest BCUT2D eigenvalue weighted by atomic mass is 35.5. The van der Waals surface area contributed by atoms with Crippen molar-refractivity contribution in [3.05, 3.63) is 106 Å². The summed E-state index contributed by atoms with van der Waals surface area (Å²) >= 11 is 0. The van der Waals surface area contributed by atoms with Crippen molar-refractivity contribution in [1.29, 1.82) is 0 Å². The van der Waals surface area contributed by atoms with Gasteiger partial charge < -0.3 is 10.4 Å². The smallest absolute Gasteiger partial charge is 0.0736 e. The van der Waals surface area contributed by atoms with Crippen LogP contribution in [0.15, 0.2) is 72.8 Å². The molecule has 0 spiro atoms. The lowest BCUT2D eigenvalue weighted by atomic mass is 9.83. The van der Waals surface area contributed by atoms with Crippen molar-refractivity contribution in [2.24, 2.45) is 0 Å². The van der Waals surface area contributed by atoms with E-state index >= 15 is 0 Å². The summed E-state index contributed by atoms with van der Waals surface area (Å²) < 4.78 is 0. The van der Waals surface area contributed by atoms with Gasteiger partial charge in [0, 0.05) is 18.4 Å². The quantitative estimate of drug-likeness (QED) is 0.561. The third-order valence-electron chi connectivity index (χ3n) is 6.39. The molecule has 3 aromatic carbocycles. The van der Waals surface area contributed by atoms with E-state index in [2.05, 4.69) is 92.0 Å². The summed E-state index contributed by atoms with van der Waals surface area (Å²) in [5, 5.41) is 14.4. The molecule has 0 saturated carbocycles. The maximum absolute atomic E-state index is 10.7. The molecule has 0 amide bonds. The minimum absolute atomic E-state index is 0. The van der Waals surface area contributed by atoms with Gasteiger partial charge in [-0.25, -0.2) is 0 Å². The van der Waals surface area contributed by atoms with Crippen molar-refractivity contribution in [3.8, 4) is 0 Å². The van der Waals surface area contributed by atoms with Gasteiger partial charge in [0.25, 0.3) is 0 Å². The van der Waals surface area contributed by atoms with E-state index in [-0.39, 0.29) is 24.6 Å². The fourth-order valence-corrected chi connectivity index (χ4v) is 4.57. The van der Waals surface area contributed by atoms with Crippen LogP contribution >= 0.6 is 12.4 Å². The topological polar surface area (TPSA) is 32.3 Å². The largest absolute Gasteiger partial charge is 0.391 e. The molecular formula is C27H32ClNO. The first kappa shape index (κ1) is 22.6. The Kier molecular flexibility index (Phi) is 7.71. The van der Waals surface area contributed by atoms with Crippen molar-refractivity contribution in [1.82, 2.24) is 5.32 Å². The van der Waals surface area contributed by atoms with Crippen LogP contribution in [0, 0.1) is 13.8 Å². The summed E-state index contributed by atoms with van der Waals surface area (Å²) in [4.78, 5) is 0. The fraction of sp³-hybridized carbons (Fsp3) is 0.333. The molecule has 3 heteroatoms. The number of aryl methyl sites for hydroxylation is 2. The van der Waals surface area contributed by atoms with Crippen LogP contribution in [0.5, 0.6) is 0 Å². The molecule has 1 aliphatic carbocycles. The monoisotopic (exact) mass is 421 g/mol. The maximum atomic E-state index is 10.7. The van der Waals surface area contributed by atoms with Crippen molar-refractivity contribution in [2.45, 2.75) is 51.2 Å². The predicted molar refractivity (Wildman–Crippen MR) is 128 cm³/mol. The SMILES string of the molecule is Cc1cc2c(cc1C)C[C@H](O)[C@@H](NCCC(c1ccccc1)c1ccccc1)C2.Cl. The second kappa shape index (κ2) is 10.3. The van der Waals surface area contributed by atoms with Crippen LogP contribution < -0.4 is 5.32 Å². The number of hydrogen-bond donors (Lipinski definition) is 2. The van der Waals surface area contributed by atoms with E-state index in [9.17, 15) is 5.11 Å². The van der Waals surface area contributed by atoms with Gasteiger partial charge in [-0.1, -0.05) is 72.8 Å². The van der Waals surface area contributed by atoms with Crippen LogP contribution in [0.2, 0.25) is 0 Å². The van der Waals surface area contributed by atoms with Crippen molar-refractivity contribution >= 4 is 12.4 Å². The Balaban J connectivity index is 0.00000256. The zero-order valence-electron chi connectivity index (χ0n) is 17.8. The number of nitrogens with one attached hydrogen (secondary N) is 1. The van der Waals surface area contributed by atoms with E-state index in [1.807, 2.05) is 0 Å². The number of benzene rings is 3. The Bertz CT molecular complexity index is 902. The summed E-state index contributed by atoms with van der Waals surface area (Å²) in [5.41, 5.74) is 8.05. The first-order valence-corrected chi connectivity index (χ1v) is 10.7. The zero-order chi connectivity index (χ0) is 20.2. The maximum Gasteiger partial charge on any atom is 0.0736 e. The lowest BCUT2D eigenvalue weighted by molar-refractivity contribution is 0.119. The van der Waals surface area contributed by atoms with E-state index in [1.54, 1.807) is 0 Å². The molecule has 0 heterocycles. The molecule has 3 aromatic rings. The van der Waals surface area contributed by atoms with Crippen molar-refractivity contribution in [2.75, 3.05) is 6.54 Å². The molecule has 0 aromatic heterocycles. The minimum atomic E-state index is -0.323. The first-order valence-electron chi connectivity index (χ1n) is 10.7. The molecule has 0 unspecified atom stereocenters. The summed E-state index contributed by atoms with van der Waals surface area (Å²) in [7, 11) is 0. The average molecular weight is 422 g/mol. The van der Waals surface area contributed by atoms with Gasteiger partial charge in [-0.3, -0.25) is 0 Å². The lowest BCUT2D eigenvalue weighted by Gasteiger charge is -2.32. The normalized spacial score (nSPS) is 18.0. The first-order chi connectivity index (χ1) is 14.1. The van der Waals surface area contributed by atoms with Crippen LogP contribution in [-0.4, -0.2) is 23.8 Å². The third kappa shape index (κ3) is 5.13. The van der Waals surface area contributed by atoms with Crippen molar-refractivity contribution < 1.29 is 5.11 Å². The van der Waals surface area contributed by atoms with Gasteiger partial charge in [0.05, 0.1) is 6.10 Å². The van der Waals surface area contributed by atoms with Crippen molar-refractivity contribution in [3.63, 3.8) is 0 Å². The molecule has 0 aliphatic heterocycles. The molecule has 2 N–H and O–H groups in total. The molecule has 2 atom stereocenters. The predicted octanol–water partition coefficient (Wildman–Crippen LogP) is 5.37. The Morgan fingerprint density at radius 2 is 1.33 bits per heavy atom. The van der Waals surface area contributed by atoms with Crippen LogP contribution in [-0.2, 0) is 12.8 Å². The molecule has 158 valence electrons. The second-order valence-electron chi connectivity index (χ2n) is 8.40. The Labute approximate surface area is 186 Å². The minimum Gasteiger partial charge on any atom is -0.391 e. The fourth-order valence-electron chi connectivity index (χ4n) is 4.57. The van der Waals surface area contributed by atoms with Gasteiger partial charge in [0.1, 0.15) is 0 Å². The number of fused-ring (bicyclic) bond motifs is 1. The summed E-state index contributed by atoms with van der Waals surface area (Å²) in [5.74, 6) is 0.364. The molecule has 0 radical (unpaired) electrons. The molecule has 1 aliphatic rings. The molecule has 0 saturated heterocycles. The van der Waals surface area contributed by atoms with Crippen LogP contribution in [0.25, 0.3) is 0 Å². The number of aliphatic hydroxyl groups excluding tert-OH is 1. The third-order valence-corrected chi connectivity index (χ3v) is 6.39. The number of hydrogen-bond acceptors (Lipinski definition) is 2. The van der Waals surface area contributed by atoms with Crippen LogP contribution in [0.3, 0.4) is 0 Å². The summed E-state index contributed by atoms with van der Waals surface area (Å²) in [6.45, 7) is 5.21. The van der Waals surface area contributed by atoms with E-state index in [0.29, 0.717) is 5.92 Å². The zero-order valence-corrected chi connectivity index (χ0v) is 18.7. The van der Waals surface area contributed by atoms with Gasteiger partial charge in [0.15, 0.2) is 0 Å². The molecular weight excluding hydrogens is 390 g/mol. The van der Waals surface area contributed by atoms with Gasteiger partial charge in [-0.05, 0) is 66.6 Å². The lowest BCUT2D eigenvalue weighted by Crippen LogP contribution is -2.46. The highest BCUT2D eigenvalue weighted by Gasteiger charge is 2.27. The van der Waals surface area contributed by atoms with Gasteiger partial charge in [0.2, 0.25) is 0 Å². The van der Waals surface area contributed by atoms with E-state index in [4.69, 9.17) is 0 Å². The molecule has 30 heavy (non-hydrogen) atoms. The van der Waals surface area contributed by atoms with E-state index in [1.165, 1.54) is 33.4 Å². The van der Waals surface area contributed by atoms with E-state index < -0.39 is 0 Å². The highest BCUT2D eigenvalue weighted by molar-refractivity contribution is 5.85. The van der Waals surface area contributed by atoms with Crippen LogP contribution in [0.4, 0.5) is 0 Å². The number of rotatable bonds is 6. The molecule has 0 bridgehead atoms. The van der Waals surface area contributed by atoms with Crippen LogP contribution in [0.1, 0.15) is 45.7 Å².